The fourth-order valence-electron chi connectivity index (χ4n) is 1.47. The second kappa shape index (κ2) is 4.96. The molecule has 2 rings (SSSR count). The smallest absolute Gasteiger partial charge is 0.191 e. The van der Waals surface area contributed by atoms with Crippen molar-refractivity contribution in [3.8, 4) is 0 Å². The number of aromatic nitrogens is 3. The van der Waals surface area contributed by atoms with Gasteiger partial charge < -0.3 is 10.6 Å². The molecule has 2 N–H and O–H groups in total. The Hall–Kier alpha value is -1.59. The molecule has 1 aromatic rings. The zero-order chi connectivity index (χ0) is 11.4. The van der Waals surface area contributed by atoms with Gasteiger partial charge in [0.2, 0.25) is 0 Å². The van der Waals surface area contributed by atoms with Crippen molar-refractivity contribution in [2.45, 2.75) is 38.9 Å². The molecular formula is C10H18N6. The van der Waals surface area contributed by atoms with Crippen molar-refractivity contribution in [1.29, 1.82) is 0 Å². The highest BCUT2D eigenvalue weighted by Gasteiger charge is 2.22. The van der Waals surface area contributed by atoms with Crippen LogP contribution in [-0.2, 0) is 13.1 Å². The predicted octanol–water partition coefficient (Wildman–Crippen LogP) is 0.125. The summed E-state index contributed by atoms with van der Waals surface area (Å²) in [7, 11) is 1.78. The Kier molecular flexibility index (Phi) is 3.38. The number of aliphatic imine (C=N–C) groups is 1. The van der Waals surface area contributed by atoms with Gasteiger partial charge in [0.15, 0.2) is 5.96 Å². The van der Waals surface area contributed by atoms with E-state index in [4.69, 9.17) is 0 Å². The van der Waals surface area contributed by atoms with Crippen LogP contribution in [0.5, 0.6) is 0 Å². The van der Waals surface area contributed by atoms with E-state index in [2.05, 4.69) is 32.6 Å². The second-order valence-corrected chi connectivity index (χ2v) is 3.84. The summed E-state index contributed by atoms with van der Waals surface area (Å²) in [6.07, 6.45) is 4.06. The highest BCUT2D eigenvalue weighted by Crippen LogP contribution is 2.18. The van der Waals surface area contributed by atoms with E-state index in [0.717, 1.165) is 18.3 Å². The molecule has 16 heavy (non-hydrogen) atoms. The van der Waals surface area contributed by atoms with E-state index in [0.29, 0.717) is 12.6 Å². The van der Waals surface area contributed by atoms with Crippen LogP contribution in [0.2, 0.25) is 0 Å². The molecule has 0 spiro atoms. The zero-order valence-electron chi connectivity index (χ0n) is 9.77. The van der Waals surface area contributed by atoms with E-state index < -0.39 is 0 Å². The van der Waals surface area contributed by atoms with Gasteiger partial charge in [-0.1, -0.05) is 0 Å². The van der Waals surface area contributed by atoms with Gasteiger partial charge in [-0.05, 0) is 19.8 Å². The summed E-state index contributed by atoms with van der Waals surface area (Å²) >= 11 is 0. The Labute approximate surface area is 95.2 Å². The average Bonchev–Trinajstić information content (AvgIpc) is 3.00. The molecule has 0 saturated heterocycles. The Morgan fingerprint density at radius 3 is 3.06 bits per heavy atom. The number of nitrogens with zero attached hydrogens (tertiary/aromatic N) is 4. The molecule has 0 atom stereocenters. The van der Waals surface area contributed by atoms with E-state index >= 15 is 0 Å². The number of aryl methyl sites for hydroxylation is 1. The maximum absolute atomic E-state index is 4.19. The van der Waals surface area contributed by atoms with Crippen molar-refractivity contribution < 1.29 is 0 Å². The monoisotopic (exact) mass is 222 g/mol. The number of hydrogen-bond acceptors (Lipinski definition) is 3. The summed E-state index contributed by atoms with van der Waals surface area (Å²) in [6, 6.07) is 0.607. The summed E-state index contributed by atoms with van der Waals surface area (Å²) in [5.41, 5.74) is 0. The third kappa shape index (κ3) is 2.71. The van der Waals surface area contributed by atoms with Gasteiger partial charge in [-0.15, -0.1) is 0 Å². The van der Waals surface area contributed by atoms with Gasteiger partial charge in [0.25, 0.3) is 0 Å². The van der Waals surface area contributed by atoms with Crippen molar-refractivity contribution in [2.75, 3.05) is 7.05 Å². The van der Waals surface area contributed by atoms with Gasteiger partial charge in [-0.25, -0.2) is 9.67 Å². The summed E-state index contributed by atoms with van der Waals surface area (Å²) in [5.74, 6) is 1.77. The van der Waals surface area contributed by atoms with Crippen LogP contribution in [0.4, 0.5) is 0 Å². The SMILES string of the molecule is CCn1ncnc1CNC(=NC)NC1CC1. The van der Waals surface area contributed by atoms with Gasteiger partial charge in [-0.3, -0.25) is 4.99 Å². The van der Waals surface area contributed by atoms with Crippen LogP contribution in [0, 0.1) is 0 Å². The van der Waals surface area contributed by atoms with E-state index in [1.165, 1.54) is 12.8 Å². The lowest BCUT2D eigenvalue weighted by atomic mass is 10.5. The van der Waals surface area contributed by atoms with Crippen LogP contribution >= 0.6 is 0 Å². The Bertz CT molecular complexity index is 365. The quantitative estimate of drug-likeness (QED) is 0.561. The topological polar surface area (TPSA) is 67.1 Å². The van der Waals surface area contributed by atoms with Gasteiger partial charge in [0.05, 0.1) is 6.54 Å². The van der Waals surface area contributed by atoms with E-state index in [9.17, 15) is 0 Å². The number of rotatable bonds is 4. The van der Waals surface area contributed by atoms with Crippen LogP contribution in [0.15, 0.2) is 11.3 Å². The van der Waals surface area contributed by atoms with Crippen LogP contribution in [0.25, 0.3) is 0 Å². The van der Waals surface area contributed by atoms with Crippen LogP contribution in [-0.4, -0.2) is 33.8 Å². The summed E-state index contributed by atoms with van der Waals surface area (Å²) in [4.78, 5) is 8.35. The molecule has 0 aliphatic heterocycles. The summed E-state index contributed by atoms with van der Waals surface area (Å²) in [5, 5.41) is 10.7. The predicted molar refractivity (Wildman–Crippen MR) is 62.1 cm³/mol. The van der Waals surface area contributed by atoms with Crippen molar-refractivity contribution in [3.05, 3.63) is 12.2 Å². The molecule has 0 unspecified atom stereocenters. The molecule has 1 aromatic heterocycles. The maximum Gasteiger partial charge on any atom is 0.191 e. The minimum absolute atomic E-state index is 0.607. The highest BCUT2D eigenvalue weighted by atomic mass is 15.3. The van der Waals surface area contributed by atoms with Crippen molar-refractivity contribution in [1.82, 2.24) is 25.4 Å². The summed E-state index contributed by atoms with van der Waals surface area (Å²) in [6.45, 7) is 3.54. The number of hydrogen-bond donors (Lipinski definition) is 2. The van der Waals surface area contributed by atoms with Crippen LogP contribution in [0.1, 0.15) is 25.6 Å². The Morgan fingerprint density at radius 2 is 2.44 bits per heavy atom. The number of guanidine groups is 1. The molecule has 6 heteroatoms. The standard InChI is InChI=1S/C10H18N6/c1-3-16-9(13-7-14-16)6-12-10(11-2)15-8-4-5-8/h7-8H,3-6H2,1-2H3,(H2,11,12,15). The molecule has 1 aliphatic carbocycles. The molecule has 88 valence electrons. The molecule has 1 saturated carbocycles. The van der Waals surface area contributed by atoms with Gasteiger partial charge in [-0.2, -0.15) is 5.10 Å². The Morgan fingerprint density at radius 1 is 1.62 bits per heavy atom. The van der Waals surface area contributed by atoms with E-state index in [-0.39, 0.29) is 0 Å². The molecule has 0 amide bonds. The molecule has 6 nitrogen and oxygen atoms in total. The van der Waals surface area contributed by atoms with Crippen molar-refractivity contribution in [3.63, 3.8) is 0 Å². The fourth-order valence-corrected chi connectivity index (χ4v) is 1.47. The molecule has 0 radical (unpaired) electrons. The molecule has 1 heterocycles. The first-order valence-corrected chi connectivity index (χ1v) is 5.67. The first kappa shape index (κ1) is 10.9. The van der Waals surface area contributed by atoms with Crippen LogP contribution < -0.4 is 10.6 Å². The number of nitrogens with one attached hydrogen (secondary N) is 2. The molecule has 0 aromatic carbocycles. The lowest BCUT2D eigenvalue weighted by Crippen LogP contribution is -2.38. The van der Waals surface area contributed by atoms with Gasteiger partial charge in [0, 0.05) is 19.6 Å². The van der Waals surface area contributed by atoms with Crippen molar-refractivity contribution >= 4 is 5.96 Å². The highest BCUT2D eigenvalue weighted by molar-refractivity contribution is 5.80. The first-order valence-electron chi connectivity index (χ1n) is 5.67. The van der Waals surface area contributed by atoms with Crippen LogP contribution in [0.3, 0.4) is 0 Å². The minimum Gasteiger partial charge on any atom is -0.354 e. The largest absolute Gasteiger partial charge is 0.354 e. The lowest BCUT2D eigenvalue weighted by Gasteiger charge is -2.10. The van der Waals surface area contributed by atoms with E-state index in [1.807, 2.05) is 4.68 Å². The average molecular weight is 222 g/mol. The molecule has 1 fully saturated rings. The van der Waals surface area contributed by atoms with Crippen molar-refractivity contribution in [2.24, 2.45) is 4.99 Å². The first-order chi connectivity index (χ1) is 7.83. The third-order valence-electron chi connectivity index (χ3n) is 2.55. The van der Waals surface area contributed by atoms with Gasteiger partial charge in [0.1, 0.15) is 12.2 Å². The van der Waals surface area contributed by atoms with Gasteiger partial charge >= 0.3 is 0 Å². The normalized spacial score (nSPS) is 16.2. The molecular weight excluding hydrogens is 204 g/mol. The fraction of sp³-hybridized carbons (Fsp3) is 0.700. The third-order valence-corrected chi connectivity index (χ3v) is 2.55. The Balaban J connectivity index is 1.85. The van der Waals surface area contributed by atoms with E-state index in [1.54, 1.807) is 13.4 Å². The zero-order valence-corrected chi connectivity index (χ0v) is 9.77. The maximum atomic E-state index is 4.19. The molecule has 0 bridgehead atoms. The second-order valence-electron chi connectivity index (χ2n) is 3.84. The molecule has 1 aliphatic rings. The lowest BCUT2D eigenvalue weighted by molar-refractivity contribution is 0.602. The summed E-state index contributed by atoms with van der Waals surface area (Å²) < 4.78 is 1.87. The minimum atomic E-state index is 0.607.